The van der Waals surface area contributed by atoms with Crippen molar-refractivity contribution in [1.29, 1.82) is 0 Å². The minimum Gasteiger partial charge on any atom is -0.461 e. The van der Waals surface area contributed by atoms with Crippen LogP contribution in [0.4, 0.5) is 0 Å². The topological polar surface area (TPSA) is 35.5 Å². The third-order valence-electron chi connectivity index (χ3n) is 6.41. The van der Waals surface area contributed by atoms with E-state index in [9.17, 15) is 4.79 Å². The highest BCUT2D eigenvalue weighted by atomic mass is 28.4. The van der Waals surface area contributed by atoms with Gasteiger partial charge in [0.05, 0.1) is 5.92 Å². The summed E-state index contributed by atoms with van der Waals surface area (Å²) < 4.78 is 12.6. The summed E-state index contributed by atoms with van der Waals surface area (Å²) in [6.45, 7) is 7.17. The van der Waals surface area contributed by atoms with E-state index < -0.39 is 8.32 Å². The molecule has 32 heavy (non-hydrogen) atoms. The molecule has 0 unspecified atom stereocenters. The van der Waals surface area contributed by atoms with Crippen LogP contribution in [0.5, 0.6) is 0 Å². The zero-order valence-corrected chi connectivity index (χ0v) is 20.2. The molecular formula is C28H32O3Si. The number of carbonyl (C=O) groups excluding carboxylic acids is 1. The molecule has 0 aliphatic heterocycles. The highest BCUT2D eigenvalue weighted by Gasteiger charge is 2.53. The largest absolute Gasteiger partial charge is 0.461 e. The van der Waals surface area contributed by atoms with Crippen molar-refractivity contribution in [3.63, 3.8) is 0 Å². The molecule has 0 radical (unpaired) electrons. The van der Waals surface area contributed by atoms with Gasteiger partial charge in [0.2, 0.25) is 0 Å². The van der Waals surface area contributed by atoms with Crippen molar-refractivity contribution in [3.8, 4) is 0 Å². The maximum atomic E-state index is 12.6. The summed E-state index contributed by atoms with van der Waals surface area (Å²) in [7, 11) is -2.57. The number of benzene rings is 3. The number of rotatable bonds is 7. The number of hydrogen-bond acceptors (Lipinski definition) is 3. The predicted octanol–water partition coefficient (Wildman–Crippen LogP) is 5.09. The molecule has 0 atom stereocenters. The van der Waals surface area contributed by atoms with Gasteiger partial charge in [-0.15, -0.1) is 0 Å². The Balaban J connectivity index is 1.50. The molecule has 3 nitrogen and oxygen atoms in total. The van der Waals surface area contributed by atoms with Crippen molar-refractivity contribution in [2.75, 3.05) is 0 Å². The fraction of sp³-hybridized carbons (Fsp3) is 0.321. The maximum absolute atomic E-state index is 12.6. The molecule has 0 amide bonds. The molecular weight excluding hydrogens is 412 g/mol. The first-order chi connectivity index (χ1) is 15.4. The van der Waals surface area contributed by atoms with Crippen molar-refractivity contribution in [2.24, 2.45) is 5.92 Å². The zero-order chi connectivity index (χ0) is 22.6. The number of hydrogen-bond donors (Lipinski definition) is 0. The van der Waals surface area contributed by atoms with E-state index in [1.54, 1.807) is 0 Å². The van der Waals surface area contributed by atoms with Crippen molar-refractivity contribution in [3.05, 3.63) is 96.6 Å². The summed E-state index contributed by atoms with van der Waals surface area (Å²) in [5.41, 5.74) is 1.01. The molecule has 4 heteroatoms. The molecule has 4 rings (SSSR count). The monoisotopic (exact) mass is 444 g/mol. The summed E-state index contributed by atoms with van der Waals surface area (Å²) >= 11 is 0. The Morgan fingerprint density at radius 2 is 1.28 bits per heavy atom. The summed E-state index contributed by atoms with van der Waals surface area (Å²) in [5.74, 6) is -0.196. The predicted molar refractivity (Wildman–Crippen MR) is 131 cm³/mol. The molecule has 1 aliphatic rings. The average Bonchev–Trinajstić information content (AvgIpc) is 2.78. The molecule has 0 N–H and O–H groups in total. The van der Waals surface area contributed by atoms with E-state index in [0.717, 1.165) is 18.4 Å². The summed E-state index contributed by atoms with van der Waals surface area (Å²) in [6.07, 6.45) is 1.51. The van der Waals surface area contributed by atoms with Gasteiger partial charge in [0.1, 0.15) is 6.61 Å². The first-order valence-electron chi connectivity index (χ1n) is 11.4. The summed E-state index contributed by atoms with van der Waals surface area (Å²) in [5, 5.41) is 2.48. The van der Waals surface area contributed by atoms with Crippen LogP contribution in [0.3, 0.4) is 0 Å². The fourth-order valence-electron chi connectivity index (χ4n) is 4.64. The lowest BCUT2D eigenvalue weighted by atomic mass is 9.82. The Bertz CT molecular complexity index is 967. The van der Waals surface area contributed by atoms with Crippen LogP contribution >= 0.6 is 0 Å². The van der Waals surface area contributed by atoms with E-state index in [4.69, 9.17) is 9.16 Å². The van der Waals surface area contributed by atoms with Crippen molar-refractivity contribution in [1.82, 2.24) is 0 Å². The van der Waals surface area contributed by atoms with Crippen LogP contribution in [0.1, 0.15) is 39.2 Å². The molecule has 3 aromatic rings. The van der Waals surface area contributed by atoms with Gasteiger partial charge in [0.25, 0.3) is 8.32 Å². The van der Waals surface area contributed by atoms with Crippen LogP contribution in [-0.2, 0) is 20.6 Å². The zero-order valence-electron chi connectivity index (χ0n) is 19.2. The minimum atomic E-state index is -2.57. The van der Waals surface area contributed by atoms with Gasteiger partial charge in [0, 0.05) is 6.10 Å². The van der Waals surface area contributed by atoms with Crippen LogP contribution in [0.2, 0.25) is 5.04 Å². The lowest BCUT2D eigenvalue weighted by Crippen LogP contribution is -2.68. The second-order valence-electron chi connectivity index (χ2n) is 9.66. The quantitative estimate of drug-likeness (QED) is 0.376. The Morgan fingerprint density at radius 3 is 1.75 bits per heavy atom. The molecule has 3 aromatic carbocycles. The van der Waals surface area contributed by atoms with Gasteiger partial charge >= 0.3 is 5.97 Å². The van der Waals surface area contributed by atoms with Gasteiger partial charge in [-0.3, -0.25) is 4.79 Å². The van der Waals surface area contributed by atoms with Crippen molar-refractivity contribution >= 4 is 24.7 Å². The third-order valence-corrected chi connectivity index (χ3v) is 11.5. The van der Waals surface area contributed by atoms with Crippen LogP contribution in [0, 0.1) is 5.92 Å². The molecule has 0 aromatic heterocycles. The Labute approximate surface area is 192 Å². The average molecular weight is 445 g/mol. The molecule has 1 aliphatic carbocycles. The van der Waals surface area contributed by atoms with Gasteiger partial charge in [-0.1, -0.05) is 112 Å². The van der Waals surface area contributed by atoms with Gasteiger partial charge < -0.3 is 9.16 Å². The standard InChI is InChI=1S/C28H32O3Si/c1-28(2,3)32(25-15-9-5-10-16-25,26-17-11-6-12-18-26)31-24-19-23(20-24)27(29)30-21-22-13-7-4-8-14-22/h4-18,23-24H,19-21H2,1-3H3. The van der Waals surface area contributed by atoms with Gasteiger partial charge in [0.15, 0.2) is 0 Å². The number of esters is 1. The molecule has 166 valence electrons. The number of carbonyl (C=O) groups is 1. The summed E-state index contributed by atoms with van der Waals surface area (Å²) in [6, 6.07) is 31.1. The van der Waals surface area contributed by atoms with E-state index in [-0.39, 0.29) is 23.0 Å². The Hall–Kier alpha value is -2.69. The number of ether oxygens (including phenoxy) is 1. The van der Waals surface area contributed by atoms with Gasteiger partial charge in [-0.2, -0.15) is 0 Å². The Morgan fingerprint density at radius 1 is 0.812 bits per heavy atom. The second kappa shape index (κ2) is 9.43. The van der Waals surface area contributed by atoms with E-state index in [0.29, 0.717) is 6.61 Å². The SMILES string of the molecule is CC(C)(C)[Si](OC1CC(C(=O)OCc2ccccc2)C1)(c1ccccc1)c1ccccc1. The van der Waals surface area contributed by atoms with E-state index in [1.807, 2.05) is 30.3 Å². The Kier molecular flexibility index (Phi) is 6.63. The molecule has 0 bridgehead atoms. The smallest absolute Gasteiger partial charge is 0.309 e. The van der Waals surface area contributed by atoms with Crippen LogP contribution in [0.25, 0.3) is 0 Å². The minimum absolute atomic E-state index is 0.0609. The molecule has 0 spiro atoms. The van der Waals surface area contributed by atoms with E-state index in [2.05, 4.69) is 81.4 Å². The van der Waals surface area contributed by atoms with Crippen LogP contribution < -0.4 is 10.4 Å². The van der Waals surface area contributed by atoms with Gasteiger partial charge in [-0.05, 0) is 33.8 Å². The first kappa shape index (κ1) is 22.5. The highest BCUT2D eigenvalue weighted by Crippen LogP contribution is 2.41. The first-order valence-corrected chi connectivity index (χ1v) is 13.3. The third kappa shape index (κ3) is 4.57. The normalized spacial score (nSPS) is 18.6. The summed E-state index contributed by atoms with van der Waals surface area (Å²) in [4.78, 5) is 12.6. The molecule has 1 fully saturated rings. The van der Waals surface area contributed by atoms with E-state index >= 15 is 0 Å². The fourth-order valence-corrected chi connectivity index (χ4v) is 9.35. The lowest BCUT2D eigenvalue weighted by molar-refractivity contribution is -0.156. The van der Waals surface area contributed by atoms with E-state index in [1.165, 1.54) is 10.4 Å². The van der Waals surface area contributed by atoms with Gasteiger partial charge in [-0.25, -0.2) is 0 Å². The highest BCUT2D eigenvalue weighted by molar-refractivity contribution is 6.99. The molecule has 0 heterocycles. The van der Waals surface area contributed by atoms with Crippen molar-refractivity contribution < 1.29 is 14.0 Å². The van der Waals surface area contributed by atoms with Crippen LogP contribution in [-0.4, -0.2) is 20.4 Å². The second-order valence-corrected chi connectivity index (χ2v) is 13.9. The van der Waals surface area contributed by atoms with Crippen LogP contribution in [0.15, 0.2) is 91.0 Å². The lowest BCUT2D eigenvalue weighted by Gasteiger charge is -2.48. The molecule has 1 saturated carbocycles. The molecule has 0 saturated heterocycles. The van der Waals surface area contributed by atoms with Crippen molar-refractivity contribution in [2.45, 2.75) is 51.4 Å². The maximum Gasteiger partial charge on any atom is 0.309 e.